The van der Waals surface area contributed by atoms with E-state index in [1.807, 2.05) is 58.0 Å². The number of halogens is 1. The highest BCUT2D eigenvalue weighted by atomic mass is 35.5. The van der Waals surface area contributed by atoms with Crippen molar-refractivity contribution in [3.8, 4) is 5.75 Å². The zero-order valence-corrected chi connectivity index (χ0v) is 19.9. The first-order chi connectivity index (χ1) is 16.6. The van der Waals surface area contributed by atoms with Crippen LogP contribution in [0.3, 0.4) is 0 Å². The molecule has 8 heteroatoms. The lowest BCUT2D eigenvalue weighted by molar-refractivity contribution is -0.133. The Bertz CT molecular complexity index is 1230. The normalized spacial score (nSPS) is 16.7. The molecule has 2 aromatic carbocycles. The Labute approximate surface area is 203 Å². The molecule has 1 saturated carbocycles. The number of amides is 1. The third-order valence-corrected chi connectivity index (χ3v) is 6.89. The van der Waals surface area contributed by atoms with Gasteiger partial charge in [0.2, 0.25) is 5.91 Å². The maximum Gasteiger partial charge on any atom is 0.261 e. The molecule has 34 heavy (non-hydrogen) atoms. The average Bonchev–Trinajstić information content (AvgIpc) is 3.69. The zero-order chi connectivity index (χ0) is 23.5. The number of aromatic nitrogens is 2. The number of carbonyl (C=O) groups excluding carboxylic acids is 1. The minimum Gasteiger partial charge on any atom is -0.491 e. The number of piperazine rings is 1. The van der Waals surface area contributed by atoms with E-state index in [9.17, 15) is 9.59 Å². The average molecular weight is 481 g/mol. The maximum atomic E-state index is 13.0. The summed E-state index contributed by atoms with van der Waals surface area (Å²) in [6, 6.07) is 15.2. The predicted octanol–water partition coefficient (Wildman–Crippen LogP) is 3.54. The van der Waals surface area contributed by atoms with E-state index < -0.39 is 0 Å². The van der Waals surface area contributed by atoms with Crippen molar-refractivity contribution in [2.75, 3.05) is 39.3 Å². The van der Waals surface area contributed by atoms with E-state index in [2.05, 4.69) is 4.90 Å². The van der Waals surface area contributed by atoms with E-state index >= 15 is 0 Å². The van der Waals surface area contributed by atoms with Crippen molar-refractivity contribution in [2.45, 2.75) is 31.7 Å². The molecule has 2 aliphatic rings. The van der Waals surface area contributed by atoms with Crippen molar-refractivity contribution in [3.63, 3.8) is 0 Å². The van der Waals surface area contributed by atoms with Gasteiger partial charge in [0.25, 0.3) is 5.56 Å². The van der Waals surface area contributed by atoms with Crippen molar-refractivity contribution in [2.24, 2.45) is 0 Å². The molecule has 2 heterocycles. The number of para-hydroxylation sites is 2. The summed E-state index contributed by atoms with van der Waals surface area (Å²) in [4.78, 5) is 34.9. The van der Waals surface area contributed by atoms with Crippen LogP contribution in [-0.4, -0.2) is 64.6 Å². The van der Waals surface area contributed by atoms with Gasteiger partial charge in [-0.2, -0.15) is 0 Å². The van der Waals surface area contributed by atoms with Crippen LogP contribution in [0.1, 0.15) is 31.1 Å². The minimum atomic E-state index is 0.0168. The molecule has 1 aromatic heterocycles. The van der Waals surface area contributed by atoms with E-state index in [1.165, 1.54) is 0 Å². The maximum absolute atomic E-state index is 13.0. The molecule has 0 bridgehead atoms. The highest BCUT2D eigenvalue weighted by molar-refractivity contribution is 6.32. The summed E-state index contributed by atoms with van der Waals surface area (Å²) in [7, 11) is 0. The fourth-order valence-corrected chi connectivity index (χ4v) is 4.71. The molecule has 0 spiro atoms. The van der Waals surface area contributed by atoms with Crippen LogP contribution in [0.4, 0.5) is 0 Å². The van der Waals surface area contributed by atoms with Crippen molar-refractivity contribution < 1.29 is 9.53 Å². The Morgan fingerprint density at radius 2 is 1.76 bits per heavy atom. The third kappa shape index (κ3) is 5.10. The summed E-state index contributed by atoms with van der Waals surface area (Å²) in [6.07, 6.45) is 2.86. The molecule has 3 aromatic rings. The molecule has 1 aliphatic heterocycles. The molecule has 1 saturated heterocycles. The molecule has 0 radical (unpaired) electrons. The van der Waals surface area contributed by atoms with Gasteiger partial charge in [0.1, 0.15) is 18.2 Å². The van der Waals surface area contributed by atoms with E-state index in [-0.39, 0.29) is 17.5 Å². The van der Waals surface area contributed by atoms with Gasteiger partial charge in [-0.15, -0.1) is 0 Å². The first-order valence-corrected chi connectivity index (χ1v) is 12.4. The first kappa shape index (κ1) is 22.9. The van der Waals surface area contributed by atoms with Gasteiger partial charge < -0.3 is 9.64 Å². The van der Waals surface area contributed by atoms with Crippen LogP contribution in [0.25, 0.3) is 10.9 Å². The summed E-state index contributed by atoms with van der Waals surface area (Å²) < 4.78 is 7.61. The van der Waals surface area contributed by atoms with Crippen LogP contribution in [0, 0.1) is 0 Å². The number of carbonyl (C=O) groups is 1. The summed E-state index contributed by atoms with van der Waals surface area (Å²) >= 11 is 6.14. The number of hydrogen-bond acceptors (Lipinski definition) is 5. The largest absolute Gasteiger partial charge is 0.491 e. The molecular weight excluding hydrogens is 452 g/mol. The van der Waals surface area contributed by atoms with Crippen molar-refractivity contribution in [1.82, 2.24) is 19.4 Å². The number of rotatable bonds is 8. The zero-order valence-electron chi connectivity index (χ0n) is 19.2. The van der Waals surface area contributed by atoms with Crippen molar-refractivity contribution in [1.29, 1.82) is 0 Å². The number of nitrogens with zero attached hydrogens (tertiary/aromatic N) is 4. The lowest BCUT2D eigenvalue weighted by atomic mass is 10.2. The molecule has 2 fully saturated rings. The fourth-order valence-electron chi connectivity index (χ4n) is 4.52. The van der Waals surface area contributed by atoms with Crippen LogP contribution < -0.4 is 10.3 Å². The Hall–Kier alpha value is -2.90. The van der Waals surface area contributed by atoms with Gasteiger partial charge in [0.15, 0.2) is 0 Å². The molecule has 178 valence electrons. The highest BCUT2D eigenvalue weighted by Crippen LogP contribution is 2.35. The number of ether oxygens (including phenoxy) is 1. The van der Waals surface area contributed by atoms with Crippen LogP contribution in [0.15, 0.2) is 53.3 Å². The highest BCUT2D eigenvalue weighted by Gasteiger charge is 2.29. The fraction of sp³-hybridized carbons (Fsp3) is 0.423. The Balaban J connectivity index is 1.13. The Kier molecular flexibility index (Phi) is 6.83. The summed E-state index contributed by atoms with van der Waals surface area (Å²) in [6.45, 7) is 4.39. The van der Waals surface area contributed by atoms with Crippen LogP contribution in [0.5, 0.6) is 5.75 Å². The van der Waals surface area contributed by atoms with E-state index in [4.69, 9.17) is 21.3 Å². The molecule has 0 unspecified atom stereocenters. The summed E-state index contributed by atoms with van der Waals surface area (Å²) in [5.41, 5.74) is 0.725. The predicted molar refractivity (Wildman–Crippen MR) is 133 cm³/mol. The smallest absolute Gasteiger partial charge is 0.261 e. The second kappa shape index (κ2) is 10.2. The number of hydrogen-bond donors (Lipinski definition) is 0. The van der Waals surface area contributed by atoms with E-state index in [1.54, 1.807) is 0 Å². The molecular formula is C26H29ClN4O3. The topological polar surface area (TPSA) is 67.7 Å². The standard InChI is InChI=1S/C26H29ClN4O3/c27-21-6-2-4-8-23(21)34-18-17-29-13-15-30(16-14-29)25(32)12-11-24-28-22-7-3-1-5-20(22)26(33)31(24)19-9-10-19/h1-8,19H,9-18H2. The van der Waals surface area contributed by atoms with Crippen LogP contribution in [-0.2, 0) is 11.2 Å². The van der Waals surface area contributed by atoms with Crippen LogP contribution >= 0.6 is 11.6 Å². The number of fused-ring (bicyclic) bond motifs is 1. The van der Waals surface area contributed by atoms with Gasteiger partial charge in [-0.3, -0.25) is 19.1 Å². The lowest BCUT2D eigenvalue weighted by Gasteiger charge is -2.34. The quantitative estimate of drug-likeness (QED) is 0.493. The van der Waals surface area contributed by atoms with Crippen molar-refractivity contribution >= 4 is 28.4 Å². The number of benzene rings is 2. The molecule has 5 rings (SSSR count). The minimum absolute atomic E-state index is 0.0168. The third-order valence-electron chi connectivity index (χ3n) is 6.58. The van der Waals surface area contributed by atoms with Gasteiger partial charge in [-0.05, 0) is 37.1 Å². The van der Waals surface area contributed by atoms with E-state index in [0.717, 1.165) is 38.3 Å². The van der Waals surface area contributed by atoms with Gasteiger partial charge in [0.05, 0.1) is 15.9 Å². The molecule has 0 N–H and O–H groups in total. The second-order valence-corrected chi connectivity index (χ2v) is 9.36. The Morgan fingerprint density at radius 3 is 2.53 bits per heavy atom. The summed E-state index contributed by atoms with van der Waals surface area (Å²) in [5.74, 6) is 1.55. The van der Waals surface area contributed by atoms with Crippen LogP contribution in [0.2, 0.25) is 5.02 Å². The second-order valence-electron chi connectivity index (χ2n) is 8.95. The monoisotopic (exact) mass is 480 g/mol. The van der Waals surface area contributed by atoms with Gasteiger partial charge in [-0.25, -0.2) is 4.98 Å². The van der Waals surface area contributed by atoms with Gasteiger partial charge >= 0.3 is 0 Å². The van der Waals surface area contributed by atoms with Gasteiger partial charge in [0, 0.05) is 51.6 Å². The van der Waals surface area contributed by atoms with Gasteiger partial charge in [-0.1, -0.05) is 35.9 Å². The van der Waals surface area contributed by atoms with E-state index in [0.29, 0.717) is 54.2 Å². The SMILES string of the molecule is O=C(CCc1nc2ccccc2c(=O)n1C1CC1)N1CCN(CCOc2ccccc2Cl)CC1. The number of aryl methyl sites for hydroxylation is 1. The molecule has 1 amide bonds. The molecule has 0 atom stereocenters. The summed E-state index contributed by atoms with van der Waals surface area (Å²) in [5, 5.41) is 1.27. The molecule has 1 aliphatic carbocycles. The Morgan fingerprint density at radius 1 is 1.03 bits per heavy atom. The lowest BCUT2D eigenvalue weighted by Crippen LogP contribution is -2.49. The molecule has 7 nitrogen and oxygen atoms in total. The first-order valence-electron chi connectivity index (χ1n) is 12.0. The van der Waals surface area contributed by atoms with Crippen molar-refractivity contribution in [3.05, 3.63) is 69.7 Å².